The molecule has 2 fully saturated rings. The van der Waals surface area contributed by atoms with Crippen molar-refractivity contribution in [2.75, 3.05) is 51.1 Å². The van der Waals surface area contributed by atoms with Crippen LogP contribution in [0.4, 0.5) is 5.13 Å². The van der Waals surface area contributed by atoms with Gasteiger partial charge in [-0.05, 0) is 30.7 Å². The van der Waals surface area contributed by atoms with Gasteiger partial charge in [0.25, 0.3) is 5.91 Å². The van der Waals surface area contributed by atoms with Gasteiger partial charge in [-0.15, -0.1) is 11.3 Å². The lowest BCUT2D eigenvalue weighted by molar-refractivity contribution is -0.134. The van der Waals surface area contributed by atoms with E-state index in [2.05, 4.69) is 10.3 Å². The van der Waals surface area contributed by atoms with E-state index in [0.717, 1.165) is 0 Å². The number of nitrogens with zero attached hydrogens (tertiary/aromatic N) is 4. The molecular formula is C24H32ClN5O4S. The van der Waals surface area contributed by atoms with E-state index in [1.54, 1.807) is 39.4 Å². The smallest absolute Gasteiger partial charge is 0.257 e. The molecule has 2 saturated heterocycles. The largest absolute Gasteiger partial charge is 0.391 e. The van der Waals surface area contributed by atoms with Gasteiger partial charge in [-0.2, -0.15) is 0 Å². The molecule has 0 spiro atoms. The molecule has 3 amide bonds. The molecular weight excluding hydrogens is 490 g/mol. The van der Waals surface area contributed by atoms with Gasteiger partial charge in [-0.1, -0.05) is 25.4 Å². The van der Waals surface area contributed by atoms with Crippen LogP contribution in [-0.2, 0) is 16.0 Å². The van der Waals surface area contributed by atoms with Gasteiger partial charge in [-0.3, -0.25) is 24.6 Å². The molecule has 0 bridgehead atoms. The summed E-state index contributed by atoms with van der Waals surface area (Å²) < 4.78 is 0. The fourth-order valence-corrected chi connectivity index (χ4v) is 4.73. The Kier molecular flexibility index (Phi) is 10.0. The molecule has 3 heterocycles. The lowest BCUT2D eigenvalue weighted by atomic mass is 10.2. The van der Waals surface area contributed by atoms with Gasteiger partial charge in [0.15, 0.2) is 5.13 Å². The number of hydrogen-bond donors (Lipinski definition) is 2. The first-order valence-electron chi connectivity index (χ1n) is 11.8. The maximum absolute atomic E-state index is 12.7. The second-order valence-corrected chi connectivity index (χ2v) is 9.52. The number of carbonyl (C=O) groups excluding carboxylic acids is 3. The van der Waals surface area contributed by atoms with E-state index < -0.39 is 6.10 Å². The van der Waals surface area contributed by atoms with Crippen molar-refractivity contribution in [3.8, 4) is 0 Å². The van der Waals surface area contributed by atoms with E-state index in [1.807, 2.05) is 18.7 Å². The summed E-state index contributed by atoms with van der Waals surface area (Å²) in [6.45, 7) is 7.71. The van der Waals surface area contributed by atoms with Crippen molar-refractivity contribution in [1.82, 2.24) is 19.7 Å². The number of anilines is 1. The van der Waals surface area contributed by atoms with Crippen molar-refractivity contribution in [2.45, 2.75) is 32.8 Å². The summed E-state index contributed by atoms with van der Waals surface area (Å²) in [4.78, 5) is 47.2. The first-order valence-corrected chi connectivity index (χ1v) is 13.1. The predicted molar refractivity (Wildman–Crippen MR) is 137 cm³/mol. The second kappa shape index (κ2) is 13.0. The van der Waals surface area contributed by atoms with Crippen LogP contribution in [0.1, 0.15) is 36.3 Å². The van der Waals surface area contributed by atoms with Gasteiger partial charge in [0.05, 0.1) is 24.8 Å². The van der Waals surface area contributed by atoms with E-state index >= 15 is 0 Å². The molecule has 190 valence electrons. The summed E-state index contributed by atoms with van der Waals surface area (Å²) >= 11 is 7.12. The number of halogens is 1. The number of piperazine rings is 1. The average molecular weight is 522 g/mol. The Bertz CT molecular complexity index is 1010. The topological polar surface area (TPSA) is 106 Å². The van der Waals surface area contributed by atoms with Gasteiger partial charge >= 0.3 is 0 Å². The summed E-state index contributed by atoms with van der Waals surface area (Å²) in [5.74, 6) is -0.278. The Labute approximate surface area is 214 Å². The number of nitrogens with one attached hydrogen (secondary N) is 1. The van der Waals surface area contributed by atoms with Gasteiger partial charge in [0.1, 0.15) is 0 Å². The number of β-amino-alcohol motifs (C(OH)–C–C–N with tert-alkyl or cyclic N) is 1. The lowest BCUT2D eigenvalue weighted by Crippen LogP contribution is -2.51. The number of benzene rings is 1. The molecule has 1 aromatic carbocycles. The number of aliphatic hydroxyl groups excluding tert-OH is 1. The van der Waals surface area contributed by atoms with E-state index in [0.29, 0.717) is 73.6 Å². The van der Waals surface area contributed by atoms with Crippen molar-refractivity contribution in [2.24, 2.45) is 0 Å². The number of amides is 3. The fourth-order valence-electron chi connectivity index (χ4n) is 3.90. The number of hydrogen-bond acceptors (Lipinski definition) is 7. The SMILES string of the molecule is CC.O=C(Nc1nc(CC(=O)N2CCN(CC(=O)N3CCC(O)C3)CC2)cs1)c1ccc(Cl)cc1. The summed E-state index contributed by atoms with van der Waals surface area (Å²) in [6, 6.07) is 6.57. The minimum Gasteiger partial charge on any atom is -0.391 e. The Morgan fingerprint density at radius 2 is 1.74 bits per heavy atom. The number of rotatable bonds is 6. The van der Waals surface area contributed by atoms with Crippen LogP contribution in [0.2, 0.25) is 5.02 Å². The van der Waals surface area contributed by atoms with Crippen molar-refractivity contribution < 1.29 is 19.5 Å². The van der Waals surface area contributed by atoms with Crippen molar-refractivity contribution >= 4 is 45.8 Å². The maximum atomic E-state index is 12.7. The molecule has 0 radical (unpaired) electrons. The van der Waals surface area contributed by atoms with Crippen molar-refractivity contribution in [1.29, 1.82) is 0 Å². The first kappa shape index (κ1) is 27.1. The Hall–Kier alpha value is -2.53. The van der Waals surface area contributed by atoms with Gasteiger partial charge in [-0.25, -0.2) is 4.98 Å². The summed E-state index contributed by atoms with van der Waals surface area (Å²) in [6.07, 6.45) is 0.384. The second-order valence-electron chi connectivity index (χ2n) is 8.22. The number of likely N-dealkylation sites (tertiary alicyclic amines) is 1. The third-order valence-corrected chi connectivity index (χ3v) is 6.87. The van der Waals surface area contributed by atoms with Crippen LogP contribution in [-0.4, -0.2) is 94.4 Å². The van der Waals surface area contributed by atoms with Crippen LogP contribution in [0.3, 0.4) is 0 Å². The highest BCUT2D eigenvalue weighted by molar-refractivity contribution is 7.14. The summed E-state index contributed by atoms with van der Waals surface area (Å²) in [5.41, 5.74) is 1.09. The zero-order valence-corrected chi connectivity index (χ0v) is 21.6. The summed E-state index contributed by atoms with van der Waals surface area (Å²) in [7, 11) is 0. The van der Waals surface area contributed by atoms with Crippen LogP contribution in [0, 0.1) is 0 Å². The van der Waals surface area contributed by atoms with Crippen LogP contribution in [0.5, 0.6) is 0 Å². The highest BCUT2D eigenvalue weighted by Crippen LogP contribution is 2.19. The Morgan fingerprint density at radius 1 is 1.06 bits per heavy atom. The molecule has 1 aromatic heterocycles. The molecule has 0 aliphatic carbocycles. The Morgan fingerprint density at radius 3 is 2.37 bits per heavy atom. The third-order valence-electron chi connectivity index (χ3n) is 5.81. The number of thiazole rings is 1. The average Bonchev–Trinajstić information content (AvgIpc) is 3.50. The van der Waals surface area contributed by atoms with Crippen molar-refractivity contribution in [3.05, 3.63) is 45.9 Å². The van der Waals surface area contributed by atoms with Crippen LogP contribution < -0.4 is 5.32 Å². The number of carbonyl (C=O) groups is 3. The maximum Gasteiger partial charge on any atom is 0.257 e. The molecule has 2 aromatic rings. The van der Waals surface area contributed by atoms with E-state index in [1.165, 1.54) is 11.3 Å². The molecule has 2 aliphatic heterocycles. The molecule has 11 heteroatoms. The molecule has 35 heavy (non-hydrogen) atoms. The highest BCUT2D eigenvalue weighted by Gasteiger charge is 2.28. The number of aliphatic hydroxyl groups is 1. The molecule has 1 atom stereocenters. The van der Waals surface area contributed by atoms with Crippen molar-refractivity contribution in [3.63, 3.8) is 0 Å². The van der Waals surface area contributed by atoms with E-state index in [-0.39, 0.29) is 24.1 Å². The van der Waals surface area contributed by atoms with E-state index in [9.17, 15) is 19.5 Å². The number of aromatic nitrogens is 1. The minimum atomic E-state index is -0.416. The van der Waals surface area contributed by atoms with Gasteiger partial charge in [0, 0.05) is 55.2 Å². The van der Waals surface area contributed by atoms with E-state index in [4.69, 9.17) is 11.6 Å². The standard InChI is InChI=1S/C22H26ClN5O4S.C2H6/c23-16-3-1-15(2-4-16)21(32)25-22-24-17(14-33-22)11-19(30)27-9-7-26(8-10-27)13-20(31)28-6-5-18(29)12-28;1-2/h1-4,14,18,29H,5-13H2,(H,24,25,32);1-2H3. The minimum absolute atomic E-state index is 0.0236. The first-order chi connectivity index (χ1) is 16.9. The zero-order valence-electron chi connectivity index (χ0n) is 20.1. The predicted octanol–water partition coefficient (Wildman–Crippen LogP) is 2.35. The third kappa shape index (κ3) is 7.73. The molecule has 2 N–H and O–H groups in total. The molecule has 2 aliphatic rings. The van der Waals surface area contributed by atoms with Crippen LogP contribution in [0.25, 0.3) is 0 Å². The normalized spacial score (nSPS) is 18.1. The quantitative estimate of drug-likeness (QED) is 0.604. The van der Waals surface area contributed by atoms with Gasteiger partial charge in [0.2, 0.25) is 11.8 Å². The molecule has 0 saturated carbocycles. The molecule has 9 nitrogen and oxygen atoms in total. The van der Waals surface area contributed by atoms with Gasteiger partial charge < -0.3 is 14.9 Å². The Balaban J connectivity index is 0.00000167. The fraction of sp³-hybridized carbons (Fsp3) is 0.500. The highest BCUT2D eigenvalue weighted by atomic mass is 35.5. The zero-order chi connectivity index (χ0) is 25.4. The monoisotopic (exact) mass is 521 g/mol. The van der Waals surface area contributed by atoms with Crippen LogP contribution >= 0.6 is 22.9 Å². The van der Waals surface area contributed by atoms with Crippen LogP contribution in [0.15, 0.2) is 29.6 Å². The lowest BCUT2D eigenvalue weighted by Gasteiger charge is -2.35. The molecule has 1 unspecified atom stereocenters. The molecule has 4 rings (SSSR count). The summed E-state index contributed by atoms with van der Waals surface area (Å²) in [5, 5.41) is 15.1.